The highest BCUT2D eigenvalue weighted by molar-refractivity contribution is 5.47. The first-order valence-corrected chi connectivity index (χ1v) is 7.33. The van der Waals surface area contributed by atoms with Crippen molar-refractivity contribution < 1.29 is 0 Å². The summed E-state index contributed by atoms with van der Waals surface area (Å²) < 4.78 is 2.09. The Morgan fingerprint density at radius 2 is 1.76 bits per heavy atom. The van der Waals surface area contributed by atoms with Crippen LogP contribution in [0.1, 0.15) is 24.1 Å². The Balaban J connectivity index is 2.02. The van der Waals surface area contributed by atoms with Gasteiger partial charge < -0.3 is 9.47 Å². The lowest BCUT2D eigenvalue weighted by Crippen LogP contribution is -2.20. The zero-order chi connectivity index (χ0) is 15.4. The van der Waals surface area contributed by atoms with Crippen LogP contribution in [0.15, 0.2) is 24.3 Å². The molecule has 1 heterocycles. The van der Waals surface area contributed by atoms with Gasteiger partial charge in [0.25, 0.3) is 0 Å². The van der Waals surface area contributed by atoms with Gasteiger partial charge in [-0.05, 0) is 24.7 Å². The fraction of sp³-hybridized carbons (Fsp3) is 0.500. The molecule has 5 nitrogen and oxygen atoms in total. The average molecular weight is 287 g/mol. The second-order valence-electron chi connectivity index (χ2n) is 5.68. The summed E-state index contributed by atoms with van der Waals surface area (Å²) >= 11 is 0. The van der Waals surface area contributed by atoms with Gasteiger partial charge in [-0.25, -0.2) is 0 Å². The maximum Gasteiger partial charge on any atom is 0.146 e. The van der Waals surface area contributed by atoms with Crippen LogP contribution in [0.25, 0.3) is 0 Å². The number of rotatable bonds is 6. The summed E-state index contributed by atoms with van der Waals surface area (Å²) in [6.45, 7) is 3.80. The van der Waals surface area contributed by atoms with Crippen molar-refractivity contribution in [3.63, 3.8) is 0 Å². The molecule has 1 aromatic heterocycles. The largest absolute Gasteiger partial charge is 0.378 e. The molecule has 0 aliphatic heterocycles. The molecule has 0 bridgehead atoms. The van der Waals surface area contributed by atoms with Gasteiger partial charge in [-0.2, -0.15) is 0 Å². The van der Waals surface area contributed by atoms with E-state index < -0.39 is 0 Å². The molecule has 0 unspecified atom stereocenters. The molecule has 0 aliphatic rings. The number of anilines is 1. The van der Waals surface area contributed by atoms with Crippen LogP contribution in [0, 0.1) is 0 Å². The van der Waals surface area contributed by atoms with Gasteiger partial charge >= 0.3 is 0 Å². The molecule has 0 atom stereocenters. The topological polar surface area (TPSA) is 37.2 Å². The van der Waals surface area contributed by atoms with Crippen LogP contribution in [0.4, 0.5) is 5.69 Å². The molecular weight excluding hydrogens is 262 g/mol. The van der Waals surface area contributed by atoms with Gasteiger partial charge in [0, 0.05) is 39.8 Å². The van der Waals surface area contributed by atoms with Crippen molar-refractivity contribution in [2.45, 2.75) is 26.4 Å². The molecule has 5 heteroatoms. The van der Waals surface area contributed by atoms with E-state index in [4.69, 9.17) is 0 Å². The van der Waals surface area contributed by atoms with Crippen molar-refractivity contribution in [1.82, 2.24) is 19.7 Å². The maximum atomic E-state index is 4.28. The maximum absolute atomic E-state index is 4.28. The predicted molar refractivity (Wildman–Crippen MR) is 86.3 cm³/mol. The second kappa shape index (κ2) is 6.72. The highest BCUT2D eigenvalue weighted by Gasteiger charge is 2.10. The monoisotopic (exact) mass is 287 g/mol. The zero-order valence-electron chi connectivity index (χ0n) is 13.7. The Morgan fingerprint density at radius 1 is 1.05 bits per heavy atom. The lowest BCUT2D eigenvalue weighted by Gasteiger charge is -2.18. The molecule has 2 rings (SSSR count). The van der Waals surface area contributed by atoms with Crippen LogP contribution in [-0.4, -0.2) is 40.8 Å². The number of benzene rings is 1. The minimum atomic E-state index is 0.801. The van der Waals surface area contributed by atoms with Crippen molar-refractivity contribution in [2.75, 3.05) is 26.0 Å². The van der Waals surface area contributed by atoms with E-state index >= 15 is 0 Å². The van der Waals surface area contributed by atoms with Crippen LogP contribution in [0.2, 0.25) is 0 Å². The Labute approximate surface area is 127 Å². The van der Waals surface area contributed by atoms with Crippen LogP contribution in [-0.2, 0) is 26.6 Å². The Morgan fingerprint density at radius 3 is 2.38 bits per heavy atom. The van der Waals surface area contributed by atoms with E-state index in [2.05, 4.69) is 76.9 Å². The lowest BCUT2D eigenvalue weighted by atomic mass is 10.2. The molecule has 0 saturated carbocycles. The van der Waals surface area contributed by atoms with E-state index in [0.717, 1.165) is 31.2 Å². The van der Waals surface area contributed by atoms with Crippen LogP contribution < -0.4 is 4.90 Å². The standard InChI is InChI=1S/C16H25N5/c1-6-15-17-18-16(21(15)5)12-20(4)11-13-8-7-9-14(10-13)19(2)3/h7-10H,6,11-12H2,1-5H3. The van der Waals surface area contributed by atoms with Gasteiger partial charge in [-0.1, -0.05) is 19.1 Å². The Hall–Kier alpha value is -1.88. The fourth-order valence-electron chi connectivity index (χ4n) is 2.39. The minimum absolute atomic E-state index is 0.801. The minimum Gasteiger partial charge on any atom is -0.378 e. The van der Waals surface area contributed by atoms with Crippen molar-refractivity contribution >= 4 is 5.69 Å². The van der Waals surface area contributed by atoms with Gasteiger partial charge in [0.15, 0.2) is 0 Å². The van der Waals surface area contributed by atoms with Gasteiger partial charge in [-0.3, -0.25) is 4.90 Å². The van der Waals surface area contributed by atoms with E-state index in [0.29, 0.717) is 0 Å². The third-order valence-electron chi connectivity index (χ3n) is 3.66. The van der Waals surface area contributed by atoms with Gasteiger partial charge in [-0.15, -0.1) is 10.2 Å². The summed E-state index contributed by atoms with van der Waals surface area (Å²) in [5.41, 5.74) is 2.54. The molecule has 0 N–H and O–H groups in total. The Kier molecular flexibility index (Phi) is 4.96. The number of aryl methyl sites for hydroxylation is 1. The van der Waals surface area contributed by atoms with E-state index in [9.17, 15) is 0 Å². The van der Waals surface area contributed by atoms with E-state index in [1.165, 1.54) is 11.3 Å². The third-order valence-corrected chi connectivity index (χ3v) is 3.66. The number of aromatic nitrogens is 3. The average Bonchev–Trinajstić information content (AvgIpc) is 2.79. The molecule has 0 saturated heterocycles. The normalized spacial score (nSPS) is 11.1. The quantitative estimate of drug-likeness (QED) is 0.815. The molecule has 0 radical (unpaired) electrons. The lowest BCUT2D eigenvalue weighted by molar-refractivity contribution is 0.306. The van der Waals surface area contributed by atoms with Gasteiger partial charge in [0.05, 0.1) is 6.54 Å². The first kappa shape index (κ1) is 15.5. The molecule has 21 heavy (non-hydrogen) atoms. The summed E-state index contributed by atoms with van der Waals surface area (Å²) in [4.78, 5) is 4.39. The number of nitrogens with zero attached hydrogens (tertiary/aromatic N) is 5. The van der Waals surface area contributed by atoms with Crippen molar-refractivity contribution in [3.8, 4) is 0 Å². The zero-order valence-corrected chi connectivity index (χ0v) is 13.7. The molecule has 0 spiro atoms. The number of hydrogen-bond acceptors (Lipinski definition) is 4. The van der Waals surface area contributed by atoms with E-state index in [-0.39, 0.29) is 0 Å². The highest BCUT2D eigenvalue weighted by Crippen LogP contribution is 2.15. The summed E-state index contributed by atoms with van der Waals surface area (Å²) in [5, 5.41) is 8.49. The molecule has 0 aliphatic carbocycles. The van der Waals surface area contributed by atoms with Crippen molar-refractivity contribution in [3.05, 3.63) is 41.5 Å². The smallest absolute Gasteiger partial charge is 0.146 e. The summed E-state index contributed by atoms with van der Waals surface area (Å²) in [5.74, 6) is 2.05. The fourth-order valence-corrected chi connectivity index (χ4v) is 2.39. The SMILES string of the molecule is CCc1nnc(CN(C)Cc2cccc(N(C)C)c2)n1C. The molecular formula is C16H25N5. The van der Waals surface area contributed by atoms with Gasteiger partial charge in [0.1, 0.15) is 11.6 Å². The first-order valence-electron chi connectivity index (χ1n) is 7.33. The van der Waals surface area contributed by atoms with E-state index in [1.807, 2.05) is 7.05 Å². The molecule has 114 valence electrons. The summed E-state index contributed by atoms with van der Waals surface area (Å²) in [6, 6.07) is 8.62. The summed E-state index contributed by atoms with van der Waals surface area (Å²) in [6.07, 6.45) is 0.915. The molecule has 2 aromatic rings. The molecule has 0 amide bonds. The van der Waals surface area contributed by atoms with Gasteiger partial charge in [0.2, 0.25) is 0 Å². The third kappa shape index (κ3) is 3.82. The summed E-state index contributed by atoms with van der Waals surface area (Å²) in [7, 11) is 8.28. The molecule has 0 fully saturated rings. The second-order valence-corrected chi connectivity index (χ2v) is 5.68. The van der Waals surface area contributed by atoms with Crippen LogP contribution in [0.5, 0.6) is 0 Å². The van der Waals surface area contributed by atoms with Crippen LogP contribution >= 0.6 is 0 Å². The first-order chi connectivity index (χ1) is 10.0. The van der Waals surface area contributed by atoms with Crippen molar-refractivity contribution in [2.24, 2.45) is 7.05 Å². The van der Waals surface area contributed by atoms with Crippen molar-refractivity contribution in [1.29, 1.82) is 0 Å². The predicted octanol–water partition coefficient (Wildman–Crippen LogP) is 2.08. The van der Waals surface area contributed by atoms with Crippen LogP contribution in [0.3, 0.4) is 0 Å². The molecule has 1 aromatic carbocycles. The van der Waals surface area contributed by atoms with E-state index in [1.54, 1.807) is 0 Å². The number of hydrogen-bond donors (Lipinski definition) is 0. The highest BCUT2D eigenvalue weighted by atomic mass is 15.3. The Bertz CT molecular complexity index is 588.